The average Bonchev–Trinajstić information content (AvgIpc) is 2.79. The lowest BCUT2D eigenvalue weighted by Gasteiger charge is -1.99. The zero-order valence-corrected chi connectivity index (χ0v) is 9.44. The van der Waals surface area contributed by atoms with Gasteiger partial charge in [0.1, 0.15) is 5.69 Å². The summed E-state index contributed by atoms with van der Waals surface area (Å²) in [7, 11) is 0. The molecular formula is C13H16N2O. The summed E-state index contributed by atoms with van der Waals surface area (Å²) in [5, 5.41) is 3.98. The van der Waals surface area contributed by atoms with Gasteiger partial charge in [0.25, 0.3) is 0 Å². The van der Waals surface area contributed by atoms with Crippen molar-refractivity contribution < 1.29 is 4.52 Å². The third kappa shape index (κ3) is 2.31. The minimum atomic E-state index is 0.390. The number of nitrogens with zero attached hydrogens (tertiary/aromatic N) is 1. The number of benzene rings is 1. The molecule has 1 aromatic heterocycles. The van der Waals surface area contributed by atoms with Crippen LogP contribution in [0.4, 0.5) is 0 Å². The summed E-state index contributed by atoms with van der Waals surface area (Å²) in [6, 6.07) is 10.3. The smallest absolute Gasteiger partial charge is 0.150 e. The molecule has 0 radical (unpaired) electrons. The van der Waals surface area contributed by atoms with Crippen molar-refractivity contribution in [3.63, 3.8) is 0 Å². The molecule has 0 saturated heterocycles. The lowest BCUT2D eigenvalue weighted by atomic mass is 10.1. The number of hydrogen-bond acceptors (Lipinski definition) is 3. The molecule has 0 bridgehead atoms. The molecule has 0 fully saturated rings. The predicted molar refractivity (Wildman–Crippen MR) is 63.8 cm³/mol. The molecule has 0 atom stereocenters. The molecule has 2 aromatic rings. The van der Waals surface area contributed by atoms with Gasteiger partial charge in [-0.3, -0.25) is 0 Å². The Kier molecular flexibility index (Phi) is 3.37. The van der Waals surface area contributed by atoms with Crippen LogP contribution in [0, 0.1) is 0 Å². The minimum Gasteiger partial charge on any atom is -0.359 e. The van der Waals surface area contributed by atoms with E-state index in [2.05, 4.69) is 36.3 Å². The van der Waals surface area contributed by atoms with Crippen LogP contribution in [0.1, 0.15) is 24.7 Å². The summed E-state index contributed by atoms with van der Waals surface area (Å²) < 4.78 is 5.07. The molecule has 3 nitrogen and oxygen atoms in total. The van der Waals surface area contributed by atoms with Crippen molar-refractivity contribution in [2.24, 2.45) is 5.73 Å². The van der Waals surface area contributed by atoms with Gasteiger partial charge >= 0.3 is 0 Å². The highest BCUT2D eigenvalue weighted by atomic mass is 16.5. The van der Waals surface area contributed by atoms with Crippen LogP contribution in [0.15, 0.2) is 34.9 Å². The van der Waals surface area contributed by atoms with Crippen LogP contribution in [0.2, 0.25) is 0 Å². The number of nitrogens with two attached hydrogens (primary N) is 1. The highest BCUT2D eigenvalue weighted by molar-refractivity contribution is 5.59. The fraction of sp³-hybridized carbons (Fsp3) is 0.308. The summed E-state index contributed by atoms with van der Waals surface area (Å²) in [5.74, 6) is 0.715. The summed E-state index contributed by atoms with van der Waals surface area (Å²) in [6.07, 6.45) is 2.29. The van der Waals surface area contributed by atoms with E-state index in [0.717, 1.165) is 17.7 Å². The van der Waals surface area contributed by atoms with E-state index in [1.54, 1.807) is 0 Å². The van der Waals surface area contributed by atoms with Gasteiger partial charge < -0.3 is 10.3 Å². The Labute approximate surface area is 95.3 Å². The third-order valence-corrected chi connectivity index (χ3v) is 2.55. The van der Waals surface area contributed by atoms with Gasteiger partial charge in [0, 0.05) is 11.6 Å². The van der Waals surface area contributed by atoms with Crippen LogP contribution in [0.25, 0.3) is 11.3 Å². The van der Waals surface area contributed by atoms with Crippen LogP contribution in [-0.2, 0) is 13.0 Å². The molecule has 0 unspecified atom stereocenters. The average molecular weight is 216 g/mol. The first-order chi connectivity index (χ1) is 7.83. The first-order valence-electron chi connectivity index (χ1n) is 5.58. The van der Waals surface area contributed by atoms with Gasteiger partial charge in [-0.25, -0.2) is 0 Å². The van der Waals surface area contributed by atoms with Gasteiger partial charge in [0.15, 0.2) is 5.76 Å². The Morgan fingerprint density at radius 1 is 1.25 bits per heavy atom. The third-order valence-electron chi connectivity index (χ3n) is 2.55. The van der Waals surface area contributed by atoms with E-state index in [-0.39, 0.29) is 0 Å². The number of rotatable bonds is 4. The van der Waals surface area contributed by atoms with E-state index in [9.17, 15) is 0 Å². The Hall–Kier alpha value is -1.61. The summed E-state index contributed by atoms with van der Waals surface area (Å²) in [4.78, 5) is 0. The molecule has 1 aromatic carbocycles. The van der Waals surface area contributed by atoms with Crippen molar-refractivity contribution in [3.8, 4) is 11.3 Å². The van der Waals surface area contributed by atoms with Crippen LogP contribution < -0.4 is 5.73 Å². The van der Waals surface area contributed by atoms with Crippen molar-refractivity contribution in [2.45, 2.75) is 26.3 Å². The quantitative estimate of drug-likeness (QED) is 0.855. The Bertz CT molecular complexity index is 445. The first kappa shape index (κ1) is 10.9. The van der Waals surface area contributed by atoms with Gasteiger partial charge in [0.2, 0.25) is 0 Å². The summed E-state index contributed by atoms with van der Waals surface area (Å²) in [6.45, 7) is 2.57. The van der Waals surface area contributed by atoms with Crippen molar-refractivity contribution >= 4 is 0 Å². The molecule has 2 rings (SSSR count). The molecule has 84 valence electrons. The van der Waals surface area contributed by atoms with Crippen molar-refractivity contribution in [1.82, 2.24) is 5.16 Å². The lowest BCUT2D eigenvalue weighted by Crippen LogP contribution is -1.92. The molecule has 0 spiro atoms. The zero-order chi connectivity index (χ0) is 11.4. The second-order valence-corrected chi connectivity index (χ2v) is 3.83. The molecule has 2 N–H and O–H groups in total. The van der Waals surface area contributed by atoms with Crippen molar-refractivity contribution in [3.05, 3.63) is 41.7 Å². The molecule has 0 aliphatic rings. The maximum Gasteiger partial charge on any atom is 0.150 e. The van der Waals surface area contributed by atoms with Gasteiger partial charge in [0.05, 0.1) is 6.54 Å². The molecule has 0 saturated carbocycles. The first-order valence-corrected chi connectivity index (χ1v) is 5.58. The Balaban J connectivity index is 2.20. The summed E-state index contributed by atoms with van der Waals surface area (Å²) in [5.41, 5.74) is 8.75. The monoisotopic (exact) mass is 216 g/mol. The van der Waals surface area contributed by atoms with Crippen LogP contribution >= 0.6 is 0 Å². The van der Waals surface area contributed by atoms with E-state index in [4.69, 9.17) is 10.3 Å². The standard InChI is InChI=1S/C13H16N2O/c1-2-3-10-4-6-11(7-5-10)13-8-12(9-14)16-15-13/h4-8H,2-3,9,14H2,1H3. The molecule has 16 heavy (non-hydrogen) atoms. The van der Waals surface area contributed by atoms with Crippen LogP contribution in [0.5, 0.6) is 0 Å². The molecular weight excluding hydrogens is 200 g/mol. The Morgan fingerprint density at radius 2 is 2.00 bits per heavy atom. The fourth-order valence-corrected chi connectivity index (χ4v) is 1.68. The maximum absolute atomic E-state index is 5.47. The second-order valence-electron chi connectivity index (χ2n) is 3.83. The van der Waals surface area contributed by atoms with Crippen molar-refractivity contribution in [2.75, 3.05) is 0 Å². The maximum atomic E-state index is 5.47. The predicted octanol–water partition coefficient (Wildman–Crippen LogP) is 2.75. The number of hydrogen-bond donors (Lipinski definition) is 1. The molecule has 0 amide bonds. The number of aromatic nitrogens is 1. The van der Waals surface area contributed by atoms with E-state index in [0.29, 0.717) is 12.3 Å². The van der Waals surface area contributed by atoms with E-state index in [1.165, 1.54) is 12.0 Å². The highest BCUT2D eigenvalue weighted by Crippen LogP contribution is 2.19. The largest absolute Gasteiger partial charge is 0.359 e. The van der Waals surface area contributed by atoms with Crippen LogP contribution in [0.3, 0.4) is 0 Å². The molecule has 3 heteroatoms. The van der Waals surface area contributed by atoms with E-state index in [1.807, 2.05) is 6.07 Å². The molecule has 0 aliphatic carbocycles. The topological polar surface area (TPSA) is 52.0 Å². The van der Waals surface area contributed by atoms with Gasteiger partial charge in [-0.1, -0.05) is 42.8 Å². The number of aryl methyl sites for hydroxylation is 1. The second kappa shape index (κ2) is 4.94. The minimum absolute atomic E-state index is 0.390. The Morgan fingerprint density at radius 3 is 2.56 bits per heavy atom. The van der Waals surface area contributed by atoms with Crippen LogP contribution in [-0.4, -0.2) is 5.16 Å². The van der Waals surface area contributed by atoms with Crippen molar-refractivity contribution in [1.29, 1.82) is 0 Å². The SMILES string of the molecule is CCCc1ccc(-c2cc(CN)on2)cc1. The highest BCUT2D eigenvalue weighted by Gasteiger charge is 2.04. The molecule has 0 aliphatic heterocycles. The van der Waals surface area contributed by atoms with Gasteiger partial charge in [-0.05, 0) is 12.0 Å². The zero-order valence-electron chi connectivity index (χ0n) is 9.44. The van der Waals surface area contributed by atoms with Gasteiger partial charge in [-0.15, -0.1) is 0 Å². The normalized spacial score (nSPS) is 10.6. The van der Waals surface area contributed by atoms with E-state index < -0.39 is 0 Å². The van der Waals surface area contributed by atoms with Gasteiger partial charge in [-0.2, -0.15) is 0 Å². The molecule has 1 heterocycles. The fourth-order valence-electron chi connectivity index (χ4n) is 1.68. The lowest BCUT2D eigenvalue weighted by molar-refractivity contribution is 0.387. The summed E-state index contributed by atoms with van der Waals surface area (Å²) >= 11 is 0. The van der Waals surface area contributed by atoms with E-state index >= 15 is 0 Å².